The molecule has 0 saturated heterocycles. The molecule has 0 unspecified atom stereocenters. The maximum atomic E-state index is 11.5. The van der Waals surface area contributed by atoms with Gasteiger partial charge in [0.15, 0.2) is 11.5 Å². The van der Waals surface area contributed by atoms with Crippen LogP contribution >= 0.6 is 15.9 Å². The second-order valence-corrected chi connectivity index (χ2v) is 6.35. The first-order valence-corrected chi connectivity index (χ1v) is 8.39. The molecule has 0 aliphatic carbocycles. The summed E-state index contributed by atoms with van der Waals surface area (Å²) in [5, 5.41) is 0.888. The number of methoxy groups -OCH3 is 2. The highest BCUT2D eigenvalue weighted by Gasteiger charge is 2.11. The Kier molecular flexibility index (Phi) is 4.99. The fraction of sp³-hybridized carbons (Fsp3) is 0.211. The zero-order valence-corrected chi connectivity index (χ0v) is 15.7. The summed E-state index contributed by atoms with van der Waals surface area (Å²) in [6.07, 6.45) is 0. The minimum absolute atomic E-state index is 0.322. The zero-order valence-electron chi connectivity index (χ0n) is 14.1. The van der Waals surface area contributed by atoms with Gasteiger partial charge in [-0.1, -0.05) is 15.9 Å². The Balaban J connectivity index is 1.86. The Labute approximate surface area is 153 Å². The molecular formula is C19H17BrO5. The predicted octanol–water partition coefficient (Wildman–Crippen LogP) is 4.46. The standard InChI is InChI=1S/C19H17BrO5/c1-11-6-19(21)25-16-8-13(4-5-14(11)16)24-10-12-7-17(22-2)18(23-3)9-15(12)20/h4-9H,10H2,1-3H3. The third kappa shape index (κ3) is 3.64. The minimum atomic E-state index is -0.371. The second kappa shape index (κ2) is 7.19. The number of ether oxygens (including phenoxy) is 3. The smallest absolute Gasteiger partial charge is 0.336 e. The number of fused-ring (bicyclic) bond motifs is 1. The fourth-order valence-electron chi connectivity index (χ4n) is 2.56. The van der Waals surface area contributed by atoms with Crippen LogP contribution in [0.5, 0.6) is 17.2 Å². The number of hydrogen-bond acceptors (Lipinski definition) is 5. The molecule has 5 nitrogen and oxygen atoms in total. The average molecular weight is 405 g/mol. The first-order valence-electron chi connectivity index (χ1n) is 7.59. The lowest BCUT2D eigenvalue weighted by Gasteiger charge is -2.13. The van der Waals surface area contributed by atoms with E-state index in [1.165, 1.54) is 6.07 Å². The molecular weight excluding hydrogens is 388 g/mol. The van der Waals surface area contributed by atoms with E-state index in [0.717, 1.165) is 21.0 Å². The van der Waals surface area contributed by atoms with Gasteiger partial charge in [-0.25, -0.2) is 4.79 Å². The van der Waals surface area contributed by atoms with E-state index in [1.54, 1.807) is 20.3 Å². The molecule has 1 heterocycles. The van der Waals surface area contributed by atoms with Crippen molar-refractivity contribution in [3.8, 4) is 17.2 Å². The lowest BCUT2D eigenvalue weighted by molar-refractivity contribution is 0.303. The van der Waals surface area contributed by atoms with Gasteiger partial charge in [0.25, 0.3) is 0 Å². The van der Waals surface area contributed by atoms with Crippen molar-refractivity contribution in [1.82, 2.24) is 0 Å². The summed E-state index contributed by atoms with van der Waals surface area (Å²) in [7, 11) is 3.18. The molecule has 0 fully saturated rings. The summed E-state index contributed by atoms with van der Waals surface area (Å²) < 4.78 is 22.5. The van der Waals surface area contributed by atoms with Crippen molar-refractivity contribution in [1.29, 1.82) is 0 Å². The van der Waals surface area contributed by atoms with Crippen molar-refractivity contribution in [2.24, 2.45) is 0 Å². The summed E-state index contributed by atoms with van der Waals surface area (Å²) in [5.41, 5.74) is 1.92. The summed E-state index contributed by atoms with van der Waals surface area (Å²) >= 11 is 3.51. The van der Waals surface area contributed by atoms with Crippen LogP contribution in [0.4, 0.5) is 0 Å². The zero-order chi connectivity index (χ0) is 18.0. The van der Waals surface area contributed by atoms with Gasteiger partial charge >= 0.3 is 5.63 Å². The van der Waals surface area contributed by atoms with E-state index in [2.05, 4.69) is 15.9 Å². The number of rotatable bonds is 5. The second-order valence-electron chi connectivity index (χ2n) is 5.49. The molecule has 0 saturated carbocycles. The molecule has 0 atom stereocenters. The van der Waals surface area contributed by atoms with Crippen LogP contribution in [0.2, 0.25) is 0 Å². The highest BCUT2D eigenvalue weighted by Crippen LogP contribution is 2.34. The topological polar surface area (TPSA) is 57.9 Å². The van der Waals surface area contributed by atoms with Gasteiger partial charge in [0.2, 0.25) is 0 Å². The van der Waals surface area contributed by atoms with Crippen molar-refractivity contribution in [2.45, 2.75) is 13.5 Å². The Morgan fingerprint density at radius 3 is 2.48 bits per heavy atom. The highest BCUT2D eigenvalue weighted by atomic mass is 79.9. The lowest BCUT2D eigenvalue weighted by atomic mass is 10.1. The molecule has 0 N–H and O–H groups in total. The Hall–Kier alpha value is -2.47. The van der Waals surface area contributed by atoms with Crippen LogP contribution in [0.15, 0.2) is 50.1 Å². The van der Waals surface area contributed by atoms with E-state index >= 15 is 0 Å². The van der Waals surface area contributed by atoms with E-state index < -0.39 is 0 Å². The van der Waals surface area contributed by atoms with Gasteiger partial charge in [0.1, 0.15) is 17.9 Å². The quantitative estimate of drug-likeness (QED) is 0.587. The van der Waals surface area contributed by atoms with Crippen LogP contribution in [0, 0.1) is 6.92 Å². The molecule has 3 aromatic rings. The molecule has 0 aliphatic rings. The number of benzene rings is 2. The van der Waals surface area contributed by atoms with E-state index in [9.17, 15) is 4.79 Å². The van der Waals surface area contributed by atoms with Crippen LogP contribution in [-0.4, -0.2) is 14.2 Å². The SMILES string of the molecule is COc1cc(Br)c(COc2ccc3c(C)cc(=O)oc3c2)cc1OC. The molecule has 2 aromatic carbocycles. The van der Waals surface area contributed by atoms with Gasteiger partial charge in [-0.15, -0.1) is 0 Å². The molecule has 0 amide bonds. The van der Waals surface area contributed by atoms with Crippen molar-refractivity contribution < 1.29 is 18.6 Å². The molecule has 6 heteroatoms. The van der Waals surface area contributed by atoms with Gasteiger partial charge in [-0.2, -0.15) is 0 Å². The van der Waals surface area contributed by atoms with E-state index in [0.29, 0.717) is 29.4 Å². The van der Waals surface area contributed by atoms with E-state index in [-0.39, 0.29) is 5.63 Å². The number of halogens is 1. The first kappa shape index (κ1) is 17.4. The largest absolute Gasteiger partial charge is 0.493 e. The van der Waals surface area contributed by atoms with Crippen molar-refractivity contribution in [3.05, 3.63) is 62.4 Å². The van der Waals surface area contributed by atoms with Gasteiger partial charge in [0.05, 0.1) is 14.2 Å². The van der Waals surface area contributed by atoms with Gasteiger partial charge in [0, 0.05) is 27.6 Å². The van der Waals surface area contributed by atoms with Crippen LogP contribution in [0.25, 0.3) is 11.0 Å². The summed E-state index contributed by atoms with van der Waals surface area (Å²) in [6.45, 7) is 2.20. The Bertz CT molecular complexity index is 977. The third-order valence-electron chi connectivity index (χ3n) is 3.87. The average Bonchev–Trinajstić information content (AvgIpc) is 2.59. The van der Waals surface area contributed by atoms with Crippen LogP contribution in [-0.2, 0) is 6.61 Å². The highest BCUT2D eigenvalue weighted by molar-refractivity contribution is 9.10. The number of hydrogen-bond donors (Lipinski definition) is 0. The summed E-state index contributed by atoms with van der Waals surface area (Å²) in [6, 6.07) is 10.6. The van der Waals surface area contributed by atoms with Gasteiger partial charge in [-0.3, -0.25) is 0 Å². The molecule has 0 bridgehead atoms. The molecule has 0 aliphatic heterocycles. The predicted molar refractivity (Wildman–Crippen MR) is 98.8 cm³/mol. The molecule has 130 valence electrons. The molecule has 25 heavy (non-hydrogen) atoms. The molecule has 0 radical (unpaired) electrons. The van der Waals surface area contributed by atoms with Crippen molar-refractivity contribution >= 4 is 26.9 Å². The van der Waals surface area contributed by atoms with Crippen LogP contribution in [0.3, 0.4) is 0 Å². The molecule has 1 aromatic heterocycles. The number of aryl methyl sites for hydroxylation is 1. The molecule has 3 rings (SSSR count). The fourth-order valence-corrected chi connectivity index (χ4v) is 3.00. The maximum Gasteiger partial charge on any atom is 0.336 e. The Morgan fingerprint density at radius 1 is 1.04 bits per heavy atom. The monoisotopic (exact) mass is 404 g/mol. The van der Waals surface area contributed by atoms with E-state index in [4.69, 9.17) is 18.6 Å². The Morgan fingerprint density at radius 2 is 1.76 bits per heavy atom. The van der Waals surface area contributed by atoms with Crippen molar-refractivity contribution in [3.63, 3.8) is 0 Å². The summed E-state index contributed by atoms with van der Waals surface area (Å²) in [5.74, 6) is 1.88. The normalized spacial score (nSPS) is 10.7. The summed E-state index contributed by atoms with van der Waals surface area (Å²) in [4.78, 5) is 11.5. The van der Waals surface area contributed by atoms with Crippen molar-refractivity contribution in [2.75, 3.05) is 14.2 Å². The van der Waals surface area contributed by atoms with Crippen LogP contribution in [0.1, 0.15) is 11.1 Å². The van der Waals surface area contributed by atoms with Crippen LogP contribution < -0.4 is 19.8 Å². The third-order valence-corrected chi connectivity index (χ3v) is 4.61. The maximum absolute atomic E-state index is 11.5. The van der Waals surface area contributed by atoms with Gasteiger partial charge in [-0.05, 0) is 36.8 Å². The first-order chi connectivity index (χ1) is 12.0. The van der Waals surface area contributed by atoms with Gasteiger partial charge < -0.3 is 18.6 Å². The lowest BCUT2D eigenvalue weighted by Crippen LogP contribution is -2.00. The minimum Gasteiger partial charge on any atom is -0.493 e. The van der Waals surface area contributed by atoms with E-state index in [1.807, 2.05) is 31.2 Å². The molecule has 0 spiro atoms.